The Labute approximate surface area is 456 Å². The van der Waals surface area contributed by atoms with Crippen molar-refractivity contribution in [3.63, 3.8) is 0 Å². The van der Waals surface area contributed by atoms with E-state index in [1.54, 1.807) is 0 Å². The Kier molecular flexibility index (Phi) is 11.1. The molecule has 3 nitrogen and oxygen atoms in total. The molecule has 2 unspecified atom stereocenters. The molecule has 3 aliphatic heterocycles. The fraction of sp³-hybridized carbons (Fsp3) is 0.333. The van der Waals surface area contributed by atoms with E-state index in [0.717, 1.165) is 18.5 Å². The first kappa shape index (κ1) is 50.1. The minimum absolute atomic E-state index is 0.00138. The van der Waals surface area contributed by atoms with Gasteiger partial charge in [0.05, 0.1) is 5.54 Å². The molecule has 0 N–H and O–H groups in total. The summed E-state index contributed by atoms with van der Waals surface area (Å²) in [6, 6.07) is 68.2. The third-order valence-electron chi connectivity index (χ3n) is 19.6. The van der Waals surface area contributed by atoms with Gasteiger partial charge in [0.15, 0.2) is 0 Å². The lowest BCUT2D eigenvalue weighted by molar-refractivity contribution is -0.0415. The standard InChI is InChI=1S/C72H78BN3/c1-66(2,3)51-30-34-54(35-31-51)74-61-38-33-53(68(7,8)9)44-59(61)73-58-36-29-50(48-25-20-17-21-26-48)42-62(58)75(55-28-22-27-49(41-55)47-23-18-16-19-24-47)64-46-56(45-63(74)65(64)73)76-60-37-32-52(67(4,5)6)43-57(60)71(14)69(10,11)39-40-70(12,13)72(71,76)15/h16-38,41-46H,39-40H2,1-15H3. The molecule has 0 spiro atoms. The molecular weight excluding hydrogens is 918 g/mol. The second-order valence-electron chi connectivity index (χ2n) is 27.7. The van der Waals surface area contributed by atoms with Gasteiger partial charge in [0, 0.05) is 50.9 Å². The molecule has 8 aromatic carbocycles. The van der Waals surface area contributed by atoms with Crippen LogP contribution in [0.3, 0.4) is 0 Å². The van der Waals surface area contributed by atoms with Gasteiger partial charge in [0.2, 0.25) is 0 Å². The highest BCUT2D eigenvalue weighted by molar-refractivity contribution is 7.00. The van der Waals surface area contributed by atoms with E-state index in [9.17, 15) is 0 Å². The summed E-state index contributed by atoms with van der Waals surface area (Å²) in [5.74, 6) is 0. The smallest absolute Gasteiger partial charge is 0.252 e. The highest BCUT2D eigenvalue weighted by atomic mass is 15.3. The molecule has 1 fully saturated rings. The SMILES string of the molecule is CC(C)(C)c1ccc(N2c3ccc(C(C)(C)C)cc3B3c4ccc(-c5ccccc5)cc4N(c4cccc(-c5ccccc5)c4)c4cc(N5c6ccc(C(C)(C)C)cc6C6(C)C(C)(C)CCC(C)(C)C56C)cc2c43)cc1. The highest BCUT2D eigenvalue weighted by Gasteiger charge is 2.70. The van der Waals surface area contributed by atoms with E-state index in [1.165, 1.54) is 101 Å². The zero-order chi connectivity index (χ0) is 53.7. The van der Waals surface area contributed by atoms with Crippen molar-refractivity contribution < 1.29 is 0 Å². The lowest BCUT2D eigenvalue weighted by atomic mass is 9.33. The molecule has 0 radical (unpaired) electrons. The lowest BCUT2D eigenvalue weighted by Gasteiger charge is -2.65. The summed E-state index contributed by atoms with van der Waals surface area (Å²) < 4.78 is 0. The second kappa shape index (κ2) is 16.9. The topological polar surface area (TPSA) is 9.72 Å². The number of hydrogen-bond acceptors (Lipinski definition) is 3. The number of benzene rings is 8. The van der Waals surface area contributed by atoms with Gasteiger partial charge in [-0.15, -0.1) is 0 Å². The Morgan fingerprint density at radius 3 is 1.47 bits per heavy atom. The Morgan fingerprint density at radius 2 is 0.882 bits per heavy atom. The predicted octanol–water partition coefficient (Wildman–Crippen LogP) is 18.0. The average molecular weight is 996 g/mol. The normalized spacial score (nSPS) is 20.1. The van der Waals surface area contributed by atoms with Crippen LogP contribution >= 0.6 is 0 Å². The molecule has 0 bridgehead atoms. The number of hydrogen-bond donors (Lipinski definition) is 0. The van der Waals surface area contributed by atoms with Gasteiger partial charge in [0.25, 0.3) is 6.71 Å². The van der Waals surface area contributed by atoms with Crippen LogP contribution in [-0.4, -0.2) is 12.3 Å². The van der Waals surface area contributed by atoms with E-state index in [2.05, 4.69) is 294 Å². The lowest BCUT2D eigenvalue weighted by Crippen LogP contribution is -2.69. The summed E-state index contributed by atoms with van der Waals surface area (Å²) in [5, 5.41) is 0. The summed E-state index contributed by atoms with van der Waals surface area (Å²) in [6.45, 7) is 36.6. The molecule has 0 saturated heterocycles. The molecule has 1 saturated carbocycles. The van der Waals surface area contributed by atoms with Crippen molar-refractivity contribution >= 4 is 68.6 Å². The molecule has 4 aliphatic rings. The second-order valence-corrected chi connectivity index (χ2v) is 27.7. The van der Waals surface area contributed by atoms with Crippen LogP contribution in [-0.2, 0) is 21.7 Å². The Hall–Kier alpha value is -6.78. The summed E-state index contributed by atoms with van der Waals surface area (Å²) in [4.78, 5) is 8.13. The molecular formula is C72H78BN3. The van der Waals surface area contributed by atoms with Gasteiger partial charge < -0.3 is 14.7 Å². The first-order valence-electron chi connectivity index (χ1n) is 28.2. The summed E-state index contributed by atoms with van der Waals surface area (Å²) in [6.07, 6.45) is 2.29. The molecule has 12 rings (SSSR count). The third kappa shape index (κ3) is 7.35. The largest absolute Gasteiger partial charge is 0.334 e. The van der Waals surface area contributed by atoms with E-state index in [0.29, 0.717) is 0 Å². The molecule has 8 aromatic rings. The van der Waals surface area contributed by atoms with Crippen LogP contribution in [0.2, 0.25) is 0 Å². The van der Waals surface area contributed by atoms with Crippen LogP contribution in [0, 0.1) is 10.8 Å². The Balaban J connectivity index is 1.23. The molecule has 1 aliphatic carbocycles. The van der Waals surface area contributed by atoms with Crippen LogP contribution in [0.15, 0.2) is 176 Å². The molecule has 0 aromatic heterocycles. The molecule has 4 heteroatoms. The van der Waals surface area contributed by atoms with Crippen LogP contribution in [0.25, 0.3) is 22.3 Å². The maximum absolute atomic E-state index is 2.86. The molecule has 0 amide bonds. The summed E-state index contributed by atoms with van der Waals surface area (Å²) in [7, 11) is 0. The third-order valence-corrected chi connectivity index (χ3v) is 19.6. The predicted molar refractivity (Wildman–Crippen MR) is 329 cm³/mol. The van der Waals surface area contributed by atoms with E-state index >= 15 is 0 Å². The minimum atomic E-state index is -0.320. The number of nitrogens with zero attached hydrogens (tertiary/aromatic N) is 3. The maximum atomic E-state index is 2.86. The van der Waals surface area contributed by atoms with E-state index < -0.39 is 0 Å². The summed E-state index contributed by atoms with van der Waals surface area (Å²) in [5.41, 5.74) is 23.5. The quantitative estimate of drug-likeness (QED) is 0.159. The minimum Gasteiger partial charge on any atom is -0.334 e. The monoisotopic (exact) mass is 996 g/mol. The van der Waals surface area contributed by atoms with Gasteiger partial charge in [-0.3, -0.25) is 0 Å². The number of rotatable bonds is 5. The van der Waals surface area contributed by atoms with Gasteiger partial charge in [-0.1, -0.05) is 218 Å². The first-order valence-corrected chi connectivity index (χ1v) is 28.2. The average Bonchev–Trinajstić information content (AvgIpc) is 3.86. The van der Waals surface area contributed by atoms with Gasteiger partial charge in [-0.2, -0.15) is 0 Å². The first-order chi connectivity index (χ1) is 35.8. The Morgan fingerprint density at radius 1 is 0.368 bits per heavy atom. The van der Waals surface area contributed by atoms with Crippen molar-refractivity contribution in [1.29, 1.82) is 0 Å². The van der Waals surface area contributed by atoms with Crippen molar-refractivity contribution in [2.75, 3.05) is 14.7 Å². The number of anilines is 8. The molecule has 3 heterocycles. The molecule has 2 atom stereocenters. The molecule has 76 heavy (non-hydrogen) atoms. The van der Waals surface area contributed by atoms with Crippen molar-refractivity contribution in [1.82, 2.24) is 0 Å². The van der Waals surface area contributed by atoms with Crippen molar-refractivity contribution in [2.24, 2.45) is 10.8 Å². The van der Waals surface area contributed by atoms with Crippen molar-refractivity contribution in [3.05, 3.63) is 198 Å². The summed E-state index contributed by atoms with van der Waals surface area (Å²) >= 11 is 0. The van der Waals surface area contributed by atoms with Crippen molar-refractivity contribution in [2.45, 2.75) is 144 Å². The highest BCUT2D eigenvalue weighted by Crippen LogP contribution is 2.72. The maximum Gasteiger partial charge on any atom is 0.252 e. The van der Waals surface area contributed by atoms with Gasteiger partial charge in [-0.25, -0.2) is 0 Å². The number of fused-ring (bicyclic) bond motifs is 7. The fourth-order valence-electron chi connectivity index (χ4n) is 14.4. The van der Waals surface area contributed by atoms with Crippen LogP contribution in [0.1, 0.15) is 139 Å². The van der Waals surface area contributed by atoms with Crippen LogP contribution < -0.4 is 31.1 Å². The molecule has 384 valence electrons. The zero-order valence-corrected chi connectivity index (χ0v) is 48.1. The zero-order valence-electron chi connectivity index (χ0n) is 48.1. The van der Waals surface area contributed by atoms with Crippen LogP contribution in [0.4, 0.5) is 45.5 Å². The fourth-order valence-corrected chi connectivity index (χ4v) is 14.4. The van der Waals surface area contributed by atoms with Gasteiger partial charge in [-0.05, 0) is 162 Å². The van der Waals surface area contributed by atoms with Crippen molar-refractivity contribution in [3.8, 4) is 22.3 Å². The van der Waals surface area contributed by atoms with E-state index in [1.807, 2.05) is 0 Å². The van der Waals surface area contributed by atoms with E-state index in [-0.39, 0.29) is 44.7 Å². The van der Waals surface area contributed by atoms with Gasteiger partial charge in [0.1, 0.15) is 0 Å². The van der Waals surface area contributed by atoms with Gasteiger partial charge >= 0.3 is 0 Å². The Bertz CT molecular complexity index is 3590. The van der Waals surface area contributed by atoms with Crippen LogP contribution in [0.5, 0.6) is 0 Å². The van der Waals surface area contributed by atoms with E-state index in [4.69, 9.17) is 0 Å².